The molecule has 8 heteroatoms. The van der Waals surface area contributed by atoms with Crippen molar-refractivity contribution < 1.29 is 9.53 Å². The predicted octanol–water partition coefficient (Wildman–Crippen LogP) is 3.54. The molecule has 126 valence electrons. The van der Waals surface area contributed by atoms with Gasteiger partial charge in [0.1, 0.15) is 16.8 Å². The quantitative estimate of drug-likeness (QED) is 0.671. The van der Waals surface area contributed by atoms with Gasteiger partial charge in [0.2, 0.25) is 5.91 Å². The molecule has 0 fully saturated rings. The third-order valence-corrected chi connectivity index (χ3v) is 5.11. The second-order valence-electron chi connectivity index (χ2n) is 4.89. The normalized spacial score (nSPS) is 10.2. The zero-order valence-electron chi connectivity index (χ0n) is 13.3. The van der Waals surface area contributed by atoms with Gasteiger partial charge in [-0.25, -0.2) is 4.98 Å². The van der Waals surface area contributed by atoms with E-state index in [0.29, 0.717) is 15.7 Å². The lowest BCUT2D eigenvalue weighted by molar-refractivity contribution is -0.113. The summed E-state index contributed by atoms with van der Waals surface area (Å²) in [6.45, 7) is 0. The van der Waals surface area contributed by atoms with Gasteiger partial charge in [0.15, 0.2) is 5.16 Å². The smallest absolute Gasteiger partial charge is 0.235 e. The maximum atomic E-state index is 12.1. The number of anilines is 1. The van der Waals surface area contributed by atoms with Crippen molar-refractivity contribution in [3.63, 3.8) is 0 Å². The third-order valence-electron chi connectivity index (χ3n) is 3.31. The molecule has 0 saturated carbocycles. The van der Waals surface area contributed by atoms with Crippen molar-refractivity contribution in [3.05, 3.63) is 53.7 Å². The number of rotatable bonds is 6. The number of aromatic nitrogens is 2. The molecule has 1 N–H and O–H groups in total. The minimum absolute atomic E-state index is 0.177. The fourth-order valence-corrected chi connectivity index (χ4v) is 3.67. The van der Waals surface area contributed by atoms with Gasteiger partial charge in [-0.2, -0.15) is 5.26 Å². The summed E-state index contributed by atoms with van der Waals surface area (Å²) in [5.74, 6) is 0.773. The molecular weight excluding hydrogens is 356 g/mol. The molecule has 1 aromatic carbocycles. The maximum absolute atomic E-state index is 12.1. The summed E-state index contributed by atoms with van der Waals surface area (Å²) < 4.78 is 7.14. The van der Waals surface area contributed by atoms with Gasteiger partial charge in [0, 0.05) is 18.5 Å². The van der Waals surface area contributed by atoms with Crippen LogP contribution in [-0.4, -0.2) is 28.3 Å². The highest BCUT2D eigenvalue weighted by Gasteiger charge is 2.12. The molecule has 0 atom stereocenters. The van der Waals surface area contributed by atoms with E-state index in [0.717, 1.165) is 11.4 Å². The SMILES string of the molecule is COc1cccc(-n2ccnc2SCC(=O)Nc2sccc2C#N)c1. The molecule has 2 aromatic heterocycles. The number of ether oxygens (including phenoxy) is 1. The van der Waals surface area contributed by atoms with E-state index in [2.05, 4.69) is 16.4 Å². The average molecular weight is 370 g/mol. The van der Waals surface area contributed by atoms with Crippen molar-refractivity contribution in [1.82, 2.24) is 9.55 Å². The van der Waals surface area contributed by atoms with Gasteiger partial charge in [0.25, 0.3) is 0 Å². The molecular formula is C17H14N4O2S2. The van der Waals surface area contributed by atoms with Gasteiger partial charge < -0.3 is 10.1 Å². The molecule has 3 aromatic rings. The van der Waals surface area contributed by atoms with E-state index in [1.165, 1.54) is 23.1 Å². The Hall–Kier alpha value is -2.76. The number of hydrogen-bond acceptors (Lipinski definition) is 6. The summed E-state index contributed by atoms with van der Waals surface area (Å²) in [5.41, 5.74) is 1.38. The van der Waals surface area contributed by atoms with E-state index < -0.39 is 0 Å². The fraction of sp³-hybridized carbons (Fsp3) is 0.118. The van der Waals surface area contributed by atoms with Crippen LogP contribution in [0.2, 0.25) is 0 Å². The van der Waals surface area contributed by atoms with Crippen molar-refractivity contribution in [2.45, 2.75) is 5.16 Å². The van der Waals surface area contributed by atoms with E-state index in [1.807, 2.05) is 35.0 Å². The summed E-state index contributed by atoms with van der Waals surface area (Å²) >= 11 is 2.66. The van der Waals surface area contributed by atoms with Crippen molar-refractivity contribution in [2.75, 3.05) is 18.2 Å². The standard InChI is InChI=1S/C17H14N4O2S2/c1-23-14-4-2-3-13(9-14)21-7-6-19-17(21)25-11-15(22)20-16-12(10-18)5-8-24-16/h2-9H,11H2,1H3,(H,20,22). The van der Waals surface area contributed by atoms with Gasteiger partial charge in [-0.3, -0.25) is 9.36 Å². The van der Waals surface area contributed by atoms with Crippen molar-refractivity contribution in [2.24, 2.45) is 0 Å². The molecule has 0 aliphatic rings. The number of methoxy groups -OCH3 is 1. The van der Waals surface area contributed by atoms with Crippen LogP contribution in [0.1, 0.15) is 5.56 Å². The maximum Gasteiger partial charge on any atom is 0.235 e. The zero-order chi connectivity index (χ0) is 17.6. The number of nitriles is 1. The van der Waals surface area contributed by atoms with Gasteiger partial charge >= 0.3 is 0 Å². The first-order valence-corrected chi connectivity index (χ1v) is 9.16. The highest BCUT2D eigenvalue weighted by atomic mass is 32.2. The minimum atomic E-state index is -0.177. The van der Waals surface area contributed by atoms with Crippen LogP contribution < -0.4 is 10.1 Å². The molecule has 25 heavy (non-hydrogen) atoms. The Labute approximate surface area is 153 Å². The molecule has 0 unspecified atom stereocenters. The van der Waals surface area contributed by atoms with Crippen molar-refractivity contribution in [3.8, 4) is 17.5 Å². The van der Waals surface area contributed by atoms with Gasteiger partial charge in [-0.05, 0) is 23.6 Å². The predicted molar refractivity (Wildman–Crippen MR) is 98.5 cm³/mol. The summed E-state index contributed by atoms with van der Waals surface area (Å²) in [7, 11) is 1.62. The van der Waals surface area contributed by atoms with Crippen LogP contribution in [0.3, 0.4) is 0 Å². The van der Waals surface area contributed by atoms with E-state index in [4.69, 9.17) is 10.00 Å². The number of nitrogens with one attached hydrogen (secondary N) is 1. The molecule has 0 aliphatic carbocycles. The Bertz CT molecular complexity index is 927. The summed E-state index contributed by atoms with van der Waals surface area (Å²) in [6, 6.07) is 11.3. The molecule has 0 bridgehead atoms. The second kappa shape index (κ2) is 7.88. The molecule has 0 spiro atoms. The zero-order valence-corrected chi connectivity index (χ0v) is 14.9. The molecule has 0 radical (unpaired) electrons. The Morgan fingerprint density at radius 3 is 3.16 bits per heavy atom. The first-order chi connectivity index (χ1) is 12.2. The summed E-state index contributed by atoms with van der Waals surface area (Å²) in [6.07, 6.45) is 3.52. The third kappa shape index (κ3) is 4.02. The minimum Gasteiger partial charge on any atom is -0.497 e. The van der Waals surface area contributed by atoms with Crippen LogP contribution in [-0.2, 0) is 4.79 Å². The van der Waals surface area contributed by atoms with Gasteiger partial charge in [-0.15, -0.1) is 11.3 Å². The lowest BCUT2D eigenvalue weighted by Gasteiger charge is -2.09. The van der Waals surface area contributed by atoms with E-state index in [1.54, 1.807) is 24.8 Å². The van der Waals surface area contributed by atoms with Crippen LogP contribution in [0.5, 0.6) is 5.75 Å². The molecule has 0 saturated heterocycles. The number of benzene rings is 1. The van der Waals surface area contributed by atoms with Gasteiger partial charge in [-0.1, -0.05) is 17.8 Å². The number of hydrogen-bond donors (Lipinski definition) is 1. The number of imidazole rings is 1. The number of amides is 1. The molecule has 0 aliphatic heterocycles. The number of carbonyl (C=O) groups is 1. The van der Waals surface area contributed by atoms with Crippen LogP contribution in [0, 0.1) is 11.3 Å². The molecule has 6 nitrogen and oxygen atoms in total. The number of thioether (sulfide) groups is 1. The van der Waals surface area contributed by atoms with E-state index in [-0.39, 0.29) is 11.7 Å². The fourth-order valence-electron chi connectivity index (χ4n) is 2.14. The highest BCUT2D eigenvalue weighted by molar-refractivity contribution is 7.99. The van der Waals surface area contributed by atoms with Crippen LogP contribution in [0.15, 0.2) is 53.3 Å². The first-order valence-electron chi connectivity index (χ1n) is 7.29. The Balaban J connectivity index is 1.67. The monoisotopic (exact) mass is 370 g/mol. The Morgan fingerprint density at radius 1 is 1.48 bits per heavy atom. The molecule has 2 heterocycles. The van der Waals surface area contributed by atoms with Crippen LogP contribution in [0.4, 0.5) is 5.00 Å². The van der Waals surface area contributed by atoms with Crippen molar-refractivity contribution in [1.29, 1.82) is 5.26 Å². The number of carbonyl (C=O) groups excluding carboxylic acids is 1. The van der Waals surface area contributed by atoms with E-state index in [9.17, 15) is 4.79 Å². The Kier molecular flexibility index (Phi) is 5.38. The second-order valence-corrected chi connectivity index (χ2v) is 6.75. The average Bonchev–Trinajstić information content (AvgIpc) is 3.28. The summed E-state index contributed by atoms with van der Waals surface area (Å²) in [5, 5.41) is 14.8. The molecule has 1 amide bonds. The highest BCUT2D eigenvalue weighted by Crippen LogP contribution is 2.25. The molecule has 3 rings (SSSR count). The largest absolute Gasteiger partial charge is 0.497 e. The number of nitrogens with zero attached hydrogens (tertiary/aromatic N) is 3. The lowest BCUT2D eigenvalue weighted by atomic mass is 10.3. The first kappa shape index (κ1) is 17.1. The van der Waals surface area contributed by atoms with Crippen LogP contribution in [0.25, 0.3) is 5.69 Å². The topological polar surface area (TPSA) is 79.9 Å². The summed E-state index contributed by atoms with van der Waals surface area (Å²) in [4.78, 5) is 16.4. The van der Waals surface area contributed by atoms with E-state index >= 15 is 0 Å². The van der Waals surface area contributed by atoms with Crippen LogP contribution >= 0.6 is 23.1 Å². The number of thiophene rings is 1. The lowest BCUT2D eigenvalue weighted by Crippen LogP contribution is -2.14. The Morgan fingerprint density at radius 2 is 2.36 bits per heavy atom. The van der Waals surface area contributed by atoms with Crippen molar-refractivity contribution >= 4 is 34.0 Å². The van der Waals surface area contributed by atoms with Gasteiger partial charge in [0.05, 0.1) is 24.1 Å².